The molecule has 1 atom stereocenters. The summed E-state index contributed by atoms with van der Waals surface area (Å²) in [5, 5.41) is 3.15. The molecule has 2 aromatic heterocycles. The molecule has 2 aromatic rings. The first-order valence-electron chi connectivity index (χ1n) is 8.29. The highest BCUT2D eigenvalue weighted by Crippen LogP contribution is 2.14. The molecule has 2 heterocycles. The molecule has 0 saturated carbocycles. The van der Waals surface area contributed by atoms with Crippen LogP contribution in [0.3, 0.4) is 0 Å². The maximum atomic E-state index is 12.6. The minimum atomic E-state index is -0.187. The Bertz CT molecular complexity index is 716. The van der Waals surface area contributed by atoms with Crippen molar-refractivity contribution in [2.45, 2.75) is 39.7 Å². The maximum absolute atomic E-state index is 12.6. The molecule has 0 radical (unpaired) electrons. The van der Waals surface area contributed by atoms with Crippen LogP contribution < -0.4 is 10.1 Å². The van der Waals surface area contributed by atoms with Crippen molar-refractivity contribution in [2.24, 2.45) is 0 Å². The van der Waals surface area contributed by atoms with Gasteiger partial charge >= 0.3 is 0 Å². The summed E-state index contributed by atoms with van der Waals surface area (Å²) >= 11 is 0. The van der Waals surface area contributed by atoms with Crippen molar-refractivity contribution in [3.63, 3.8) is 0 Å². The molecule has 136 valence electrons. The molecule has 0 spiro atoms. The van der Waals surface area contributed by atoms with Crippen molar-refractivity contribution in [2.75, 3.05) is 26.0 Å². The summed E-state index contributed by atoms with van der Waals surface area (Å²) in [5.74, 6) is 1.65. The number of methoxy groups -OCH3 is 1. The van der Waals surface area contributed by atoms with E-state index in [-0.39, 0.29) is 11.9 Å². The van der Waals surface area contributed by atoms with E-state index in [1.54, 1.807) is 38.2 Å². The Labute approximate surface area is 147 Å². The zero-order valence-corrected chi connectivity index (χ0v) is 15.4. The Morgan fingerprint density at radius 1 is 1.44 bits per heavy atom. The molecule has 0 aromatic carbocycles. The summed E-state index contributed by atoms with van der Waals surface area (Å²) in [7, 11) is 3.28. The lowest BCUT2D eigenvalue weighted by atomic mass is 10.3. The Morgan fingerprint density at radius 3 is 2.88 bits per heavy atom. The van der Waals surface area contributed by atoms with Crippen LogP contribution in [0.25, 0.3) is 0 Å². The Kier molecular flexibility index (Phi) is 6.32. The van der Waals surface area contributed by atoms with Crippen LogP contribution in [0, 0.1) is 6.92 Å². The number of hydrogen-bond acceptors (Lipinski definition) is 7. The van der Waals surface area contributed by atoms with Gasteiger partial charge in [0.25, 0.3) is 5.91 Å². The quantitative estimate of drug-likeness (QED) is 0.783. The molecule has 2 rings (SSSR count). The van der Waals surface area contributed by atoms with E-state index in [1.165, 1.54) is 0 Å². The van der Waals surface area contributed by atoms with Gasteiger partial charge in [0.15, 0.2) is 5.89 Å². The van der Waals surface area contributed by atoms with Gasteiger partial charge in [0.2, 0.25) is 17.6 Å². The van der Waals surface area contributed by atoms with Gasteiger partial charge in [0.1, 0.15) is 0 Å². The number of aromatic nitrogens is 3. The number of carbonyl (C=O) groups is 1. The zero-order valence-electron chi connectivity index (χ0n) is 15.4. The van der Waals surface area contributed by atoms with Gasteiger partial charge in [-0.3, -0.25) is 4.79 Å². The number of nitrogens with zero attached hydrogens (tertiary/aromatic N) is 4. The van der Waals surface area contributed by atoms with Crippen LogP contribution in [0.4, 0.5) is 5.95 Å². The number of hydrogen-bond donors (Lipinski definition) is 1. The molecule has 0 saturated heterocycles. The number of amides is 1. The predicted molar refractivity (Wildman–Crippen MR) is 93.9 cm³/mol. The zero-order chi connectivity index (χ0) is 18.4. The second kappa shape index (κ2) is 8.46. The molecule has 25 heavy (non-hydrogen) atoms. The number of nitrogens with one attached hydrogen (secondary N) is 1. The van der Waals surface area contributed by atoms with E-state index in [9.17, 15) is 4.79 Å². The molecule has 0 fully saturated rings. The SMILES string of the molecule is CCCc1nc(C)c(C(=O)N(C)CC(C)Nc2nccc(OC)n2)o1. The summed E-state index contributed by atoms with van der Waals surface area (Å²) < 4.78 is 10.7. The minimum absolute atomic E-state index is 0.0561. The van der Waals surface area contributed by atoms with Crippen molar-refractivity contribution in [3.05, 3.63) is 29.6 Å². The van der Waals surface area contributed by atoms with Gasteiger partial charge in [0.05, 0.1) is 12.8 Å². The van der Waals surface area contributed by atoms with Crippen molar-refractivity contribution in [3.8, 4) is 5.88 Å². The van der Waals surface area contributed by atoms with Gasteiger partial charge in [-0.2, -0.15) is 4.98 Å². The highest BCUT2D eigenvalue weighted by molar-refractivity contribution is 5.92. The number of ether oxygens (including phenoxy) is 1. The van der Waals surface area contributed by atoms with Crippen molar-refractivity contribution >= 4 is 11.9 Å². The van der Waals surface area contributed by atoms with Crippen molar-refractivity contribution in [1.29, 1.82) is 0 Å². The Balaban J connectivity index is 1.97. The maximum Gasteiger partial charge on any atom is 0.291 e. The molecule has 0 aliphatic rings. The van der Waals surface area contributed by atoms with Crippen LogP contribution in [0.1, 0.15) is 42.4 Å². The van der Waals surface area contributed by atoms with Crippen LogP contribution in [-0.4, -0.2) is 52.5 Å². The topological polar surface area (TPSA) is 93.4 Å². The monoisotopic (exact) mass is 347 g/mol. The second-order valence-electron chi connectivity index (χ2n) is 5.93. The third kappa shape index (κ3) is 4.91. The summed E-state index contributed by atoms with van der Waals surface area (Å²) in [6, 6.07) is 1.62. The largest absolute Gasteiger partial charge is 0.481 e. The lowest BCUT2D eigenvalue weighted by molar-refractivity contribution is 0.0756. The third-order valence-corrected chi connectivity index (χ3v) is 3.61. The summed E-state index contributed by atoms with van der Waals surface area (Å²) in [5.41, 5.74) is 0.622. The fraction of sp³-hybridized carbons (Fsp3) is 0.529. The van der Waals surface area contributed by atoms with Gasteiger partial charge in [-0.1, -0.05) is 6.92 Å². The third-order valence-electron chi connectivity index (χ3n) is 3.61. The molecule has 0 bridgehead atoms. The van der Waals surface area contributed by atoms with E-state index in [4.69, 9.17) is 9.15 Å². The van der Waals surface area contributed by atoms with E-state index in [0.717, 1.165) is 12.8 Å². The standard InChI is InChI=1S/C17H25N5O3/c1-6-7-14-20-12(3)15(25-14)16(23)22(4)10-11(2)19-17-18-9-8-13(21-17)24-5/h8-9,11H,6-7,10H2,1-5H3,(H,18,19,21). The van der Waals surface area contributed by atoms with E-state index in [2.05, 4.69) is 20.3 Å². The Morgan fingerprint density at radius 2 is 2.20 bits per heavy atom. The molecule has 8 nitrogen and oxygen atoms in total. The number of carbonyl (C=O) groups excluding carboxylic acids is 1. The number of anilines is 1. The van der Waals surface area contributed by atoms with E-state index in [1.807, 2.05) is 13.8 Å². The number of aryl methyl sites for hydroxylation is 2. The molecular formula is C17H25N5O3. The molecule has 1 N–H and O–H groups in total. The summed E-state index contributed by atoms with van der Waals surface area (Å²) in [6.07, 6.45) is 3.26. The number of rotatable bonds is 8. The van der Waals surface area contributed by atoms with Gasteiger partial charge in [0, 0.05) is 38.3 Å². The highest BCUT2D eigenvalue weighted by Gasteiger charge is 2.22. The van der Waals surface area contributed by atoms with Crippen LogP contribution in [-0.2, 0) is 6.42 Å². The van der Waals surface area contributed by atoms with Gasteiger partial charge in [-0.05, 0) is 20.3 Å². The summed E-state index contributed by atoms with van der Waals surface area (Å²) in [4.78, 5) is 26.8. The molecule has 1 amide bonds. The van der Waals surface area contributed by atoms with Crippen LogP contribution >= 0.6 is 0 Å². The number of likely N-dealkylation sites (N-methyl/N-ethyl adjacent to an activating group) is 1. The molecule has 8 heteroatoms. The van der Waals surface area contributed by atoms with Crippen LogP contribution in [0.5, 0.6) is 5.88 Å². The minimum Gasteiger partial charge on any atom is -0.481 e. The predicted octanol–water partition coefficient (Wildman–Crippen LogP) is 2.31. The molecule has 1 unspecified atom stereocenters. The van der Waals surface area contributed by atoms with E-state index >= 15 is 0 Å². The molecule has 0 aliphatic carbocycles. The Hall–Kier alpha value is -2.64. The van der Waals surface area contributed by atoms with E-state index < -0.39 is 0 Å². The van der Waals surface area contributed by atoms with Crippen LogP contribution in [0.2, 0.25) is 0 Å². The van der Waals surface area contributed by atoms with Crippen molar-refractivity contribution in [1.82, 2.24) is 19.9 Å². The first-order valence-corrected chi connectivity index (χ1v) is 8.29. The van der Waals surface area contributed by atoms with Gasteiger partial charge in [-0.15, -0.1) is 0 Å². The average Bonchev–Trinajstić information content (AvgIpc) is 2.94. The normalized spacial score (nSPS) is 11.9. The van der Waals surface area contributed by atoms with Crippen LogP contribution in [0.15, 0.2) is 16.7 Å². The summed E-state index contributed by atoms with van der Waals surface area (Å²) in [6.45, 7) is 6.24. The van der Waals surface area contributed by atoms with Crippen molar-refractivity contribution < 1.29 is 13.9 Å². The smallest absolute Gasteiger partial charge is 0.291 e. The fourth-order valence-electron chi connectivity index (χ4n) is 2.43. The second-order valence-corrected chi connectivity index (χ2v) is 5.93. The lowest BCUT2D eigenvalue weighted by Crippen LogP contribution is -2.36. The first kappa shape index (κ1) is 18.7. The number of oxazole rings is 1. The average molecular weight is 347 g/mol. The van der Waals surface area contributed by atoms with Gasteiger partial charge in [-0.25, -0.2) is 9.97 Å². The molecule has 0 aliphatic heterocycles. The fourth-order valence-corrected chi connectivity index (χ4v) is 2.43. The molecular weight excluding hydrogens is 322 g/mol. The highest BCUT2D eigenvalue weighted by atomic mass is 16.5. The van der Waals surface area contributed by atoms with E-state index in [0.29, 0.717) is 35.7 Å². The first-order chi connectivity index (χ1) is 11.9. The lowest BCUT2D eigenvalue weighted by Gasteiger charge is -2.21. The van der Waals surface area contributed by atoms with Gasteiger partial charge < -0.3 is 19.4 Å².